The van der Waals surface area contributed by atoms with Crippen LogP contribution in [0.5, 0.6) is 5.75 Å². The minimum absolute atomic E-state index is 0.101. The summed E-state index contributed by atoms with van der Waals surface area (Å²) < 4.78 is 9.90. The van der Waals surface area contributed by atoms with Crippen LogP contribution in [-0.4, -0.2) is 43.7 Å². The minimum atomic E-state index is -0.475. The van der Waals surface area contributed by atoms with Crippen molar-refractivity contribution in [1.82, 2.24) is 10.3 Å². The highest BCUT2D eigenvalue weighted by Crippen LogP contribution is 2.28. The van der Waals surface area contributed by atoms with Gasteiger partial charge in [-0.2, -0.15) is 0 Å². The predicted octanol–water partition coefficient (Wildman–Crippen LogP) is 3.06. The van der Waals surface area contributed by atoms with E-state index >= 15 is 0 Å². The van der Waals surface area contributed by atoms with Crippen LogP contribution in [0.25, 0.3) is 10.9 Å². The Labute approximate surface area is 165 Å². The van der Waals surface area contributed by atoms with Gasteiger partial charge in [0, 0.05) is 35.8 Å². The van der Waals surface area contributed by atoms with Crippen LogP contribution in [0.2, 0.25) is 0 Å². The van der Waals surface area contributed by atoms with Gasteiger partial charge in [0.15, 0.2) is 0 Å². The second kappa shape index (κ2) is 10.3. The first-order valence-electron chi connectivity index (χ1n) is 9.16. The topological polar surface area (TPSA) is 89.6 Å². The second-order valence-electron chi connectivity index (χ2n) is 6.55. The van der Waals surface area contributed by atoms with Gasteiger partial charge in [-0.25, -0.2) is 0 Å². The molecule has 2 N–H and O–H groups in total. The number of fused-ring (bicyclic) bond motifs is 1. The number of nitrogens with one attached hydrogen (secondary N) is 2. The zero-order valence-electron chi connectivity index (χ0n) is 16.6. The molecule has 7 heteroatoms. The van der Waals surface area contributed by atoms with Crippen molar-refractivity contribution in [3.05, 3.63) is 42.6 Å². The summed E-state index contributed by atoms with van der Waals surface area (Å²) in [7, 11) is 2.92. The first-order valence-corrected chi connectivity index (χ1v) is 9.16. The summed E-state index contributed by atoms with van der Waals surface area (Å²) in [6.07, 6.45) is 3.29. The molecule has 150 valence electrons. The van der Waals surface area contributed by atoms with Gasteiger partial charge in [0.05, 0.1) is 31.8 Å². The lowest BCUT2D eigenvalue weighted by molar-refractivity contribution is -0.140. The van der Waals surface area contributed by atoms with Gasteiger partial charge in [0.1, 0.15) is 5.75 Å². The van der Waals surface area contributed by atoms with Crippen molar-refractivity contribution in [2.75, 3.05) is 26.1 Å². The molecular formula is C21H27N3O4. The van der Waals surface area contributed by atoms with Gasteiger partial charge in [0.25, 0.3) is 0 Å². The number of aromatic nitrogens is 1. The number of rotatable bonds is 10. The number of methoxy groups -OCH3 is 2. The molecule has 1 atom stereocenters. The molecule has 1 aromatic carbocycles. The number of hydrogen-bond donors (Lipinski definition) is 2. The highest BCUT2D eigenvalue weighted by atomic mass is 16.5. The summed E-state index contributed by atoms with van der Waals surface area (Å²) in [5.41, 5.74) is 2.01. The Balaban J connectivity index is 1.84. The number of hydrogen-bond acceptors (Lipinski definition) is 6. The van der Waals surface area contributed by atoms with E-state index in [1.165, 1.54) is 7.11 Å². The highest BCUT2D eigenvalue weighted by molar-refractivity contribution is 5.97. The summed E-state index contributed by atoms with van der Waals surface area (Å²) >= 11 is 0. The van der Waals surface area contributed by atoms with E-state index < -0.39 is 5.97 Å². The molecule has 2 aromatic rings. The van der Waals surface area contributed by atoms with Crippen LogP contribution in [0.15, 0.2) is 42.6 Å². The van der Waals surface area contributed by atoms with E-state index in [1.54, 1.807) is 13.3 Å². The highest BCUT2D eigenvalue weighted by Gasteiger charge is 2.12. The first-order chi connectivity index (χ1) is 13.4. The van der Waals surface area contributed by atoms with E-state index in [0.29, 0.717) is 6.54 Å². The molecule has 7 nitrogen and oxygen atoms in total. The lowest BCUT2D eigenvalue weighted by atomic mass is 10.1. The SMILES string of the molecule is C=C(CC(=O)OC)C(=O)NCCCC(C)Nc1cc(OC)cc2cccnc12. The Morgan fingerprint density at radius 2 is 2.07 bits per heavy atom. The fraction of sp³-hybridized carbons (Fsp3) is 0.381. The maximum atomic E-state index is 11.9. The molecule has 1 amide bonds. The number of esters is 1. The second-order valence-corrected chi connectivity index (χ2v) is 6.55. The number of carbonyl (C=O) groups is 2. The van der Waals surface area contributed by atoms with Crippen molar-refractivity contribution in [1.29, 1.82) is 0 Å². The predicted molar refractivity (Wildman–Crippen MR) is 109 cm³/mol. The molecule has 2 rings (SSSR count). The van der Waals surface area contributed by atoms with Crippen LogP contribution in [0.1, 0.15) is 26.2 Å². The molecule has 0 fully saturated rings. The summed E-state index contributed by atoms with van der Waals surface area (Å²) in [5, 5.41) is 7.25. The third kappa shape index (κ3) is 5.97. The van der Waals surface area contributed by atoms with E-state index in [0.717, 1.165) is 35.2 Å². The summed E-state index contributed by atoms with van der Waals surface area (Å²) in [4.78, 5) is 27.5. The Bertz CT molecular complexity index is 851. The van der Waals surface area contributed by atoms with Gasteiger partial charge in [-0.3, -0.25) is 14.6 Å². The van der Waals surface area contributed by atoms with Gasteiger partial charge >= 0.3 is 5.97 Å². The molecule has 0 bridgehead atoms. The zero-order chi connectivity index (χ0) is 20.5. The summed E-state index contributed by atoms with van der Waals surface area (Å²) in [6.45, 7) is 6.19. The van der Waals surface area contributed by atoms with Crippen LogP contribution in [-0.2, 0) is 14.3 Å². The van der Waals surface area contributed by atoms with Crippen molar-refractivity contribution in [3.8, 4) is 5.75 Å². The smallest absolute Gasteiger partial charge is 0.310 e. The van der Waals surface area contributed by atoms with Gasteiger partial charge in [-0.15, -0.1) is 0 Å². The van der Waals surface area contributed by atoms with Crippen molar-refractivity contribution >= 4 is 28.5 Å². The number of anilines is 1. The fourth-order valence-corrected chi connectivity index (χ4v) is 2.79. The third-order valence-corrected chi connectivity index (χ3v) is 4.32. The average Bonchev–Trinajstić information content (AvgIpc) is 2.70. The molecule has 0 aliphatic carbocycles. The average molecular weight is 385 g/mol. The largest absolute Gasteiger partial charge is 0.497 e. The van der Waals surface area contributed by atoms with E-state index in [9.17, 15) is 9.59 Å². The first kappa shape index (κ1) is 21.2. The van der Waals surface area contributed by atoms with Crippen molar-refractivity contribution in [2.45, 2.75) is 32.2 Å². The fourth-order valence-electron chi connectivity index (χ4n) is 2.79. The van der Waals surface area contributed by atoms with Crippen LogP contribution in [0.4, 0.5) is 5.69 Å². The van der Waals surface area contributed by atoms with E-state index in [2.05, 4.69) is 33.9 Å². The summed E-state index contributed by atoms with van der Waals surface area (Å²) in [6, 6.07) is 7.95. The number of carbonyl (C=O) groups excluding carboxylic acids is 2. The van der Waals surface area contributed by atoms with Crippen LogP contribution in [0.3, 0.4) is 0 Å². The van der Waals surface area contributed by atoms with Crippen molar-refractivity contribution in [3.63, 3.8) is 0 Å². The molecule has 0 radical (unpaired) electrons. The van der Waals surface area contributed by atoms with E-state index in [4.69, 9.17) is 4.74 Å². The lowest BCUT2D eigenvalue weighted by Gasteiger charge is -2.17. The standard InChI is InChI=1S/C21H27N3O4/c1-14(11-19(25)28-4)21(26)23-10-5-7-15(2)24-18-13-17(27-3)12-16-8-6-9-22-20(16)18/h6,8-9,12-13,15,24H,1,5,7,10-11H2,2-4H3,(H,23,26). The van der Waals surface area contributed by atoms with Gasteiger partial charge in [-0.1, -0.05) is 12.6 Å². The molecule has 1 unspecified atom stereocenters. The zero-order valence-corrected chi connectivity index (χ0v) is 16.6. The van der Waals surface area contributed by atoms with E-state index in [1.807, 2.05) is 24.3 Å². The molecule has 0 aliphatic rings. The Morgan fingerprint density at radius 3 is 2.79 bits per heavy atom. The van der Waals surface area contributed by atoms with Crippen LogP contribution in [0, 0.1) is 0 Å². The Kier molecular flexibility index (Phi) is 7.80. The molecule has 28 heavy (non-hydrogen) atoms. The Morgan fingerprint density at radius 1 is 1.29 bits per heavy atom. The summed E-state index contributed by atoms with van der Waals surface area (Å²) in [5.74, 6) is -0.0299. The molecule has 1 aromatic heterocycles. The minimum Gasteiger partial charge on any atom is -0.497 e. The van der Waals surface area contributed by atoms with E-state index in [-0.39, 0.29) is 23.9 Å². The molecule has 0 spiro atoms. The number of benzene rings is 1. The monoisotopic (exact) mass is 385 g/mol. The van der Waals surface area contributed by atoms with Gasteiger partial charge in [0.2, 0.25) is 5.91 Å². The van der Waals surface area contributed by atoms with Crippen molar-refractivity contribution < 1.29 is 19.1 Å². The molecule has 0 saturated heterocycles. The van der Waals surface area contributed by atoms with Gasteiger partial charge < -0.3 is 20.1 Å². The normalized spacial score (nSPS) is 11.5. The number of nitrogens with zero attached hydrogens (tertiary/aromatic N) is 1. The van der Waals surface area contributed by atoms with Crippen molar-refractivity contribution in [2.24, 2.45) is 0 Å². The Hall–Kier alpha value is -3.09. The van der Waals surface area contributed by atoms with Crippen LogP contribution < -0.4 is 15.4 Å². The lowest BCUT2D eigenvalue weighted by Crippen LogP contribution is -2.28. The number of ether oxygens (including phenoxy) is 2. The number of pyridine rings is 1. The van der Waals surface area contributed by atoms with Gasteiger partial charge in [-0.05, 0) is 31.9 Å². The maximum Gasteiger partial charge on any atom is 0.310 e. The van der Waals surface area contributed by atoms with Crippen LogP contribution >= 0.6 is 0 Å². The maximum absolute atomic E-state index is 11.9. The third-order valence-electron chi connectivity index (χ3n) is 4.32. The molecular weight excluding hydrogens is 358 g/mol. The molecule has 0 aliphatic heterocycles. The molecule has 0 saturated carbocycles. The quantitative estimate of drug-likeness (QED) is 0.371. The number of amides is 1. The molecule has 1 heterocycles.